The smallest absolute Gasteiger partial charge is 0.408 e. The number of carbonyl (C=O) groups excluding carboxylic acids is 1. The number of H-pyrrole nitrogens is 1. The van der Waals surface area contributed by atoms with E-state index in [0.29, 0.717) is 41.3 Å². The molecule has 4 heterocycles. The molecule has 0 aromatic carbocycles. The summed E-state index contributed by atoms with van der Waals surface area (Å²) in [6.45, 7) is 2.21. The third-order valence-corrected chi connectivity index (χ3v) is 5.87. The van der Waals surface area contributed by atoms with Crippen LogP contribution in [0.2, 0.25) is 0 Å². The van der Waals surface area contributed by atoms with Crippen molar-refractivity contribution in [3.05, 3.63) is 29.7 Å². The van der Waals surface area contributed by atoms with Gasteiger partial charge in [-0.05, 0) is 19.8 Å². The molecule has 3 N–H and O–H groups in total. The molecule has 13 heteroatoms. The Morgan fingerprint density at radius 2 is 2.18 bits per heavy atom. The second kappa shape index (κ2) is 8.72. The number of amides is 1. The highest BCUT2D eigenvalue weighted by Gasteiger charge is 2.44. The second-order valence-electron chi connectivity index (χ2n) is 8.68. The van der Waals surface area contributed by atoms with E-state index in [1.165, 1.54) is 7.11 Å². The fraction of sp³-hybridized carbons (Fsp3) is 0.524. The van der Waals surface area contributed by atoms with Crippen LogP contribution in [0.15, 0.2) is 18.3 Å². The summed E-state index contributed by atoms with van der Waals surface area (Å²) in [5, 5.41) is 12.8. The number of anilines is 2. The van der Waals surface area contributed by atoms with Gasteiger partial charge in [0.1, 0.15) is 11.8 Å². The molecule has 34 heavy (non-hydrogen) atoms. The summed E-state index contributed by atoms with van der Waals surface area (Å²) >= 11 is 0. The average Bonchev–Trinajstić information content (AvgIpc) is 3.14. The first-order chi connectivity index (χ1) is 16.4. The van der Waals surface area contributed by atoms with Gasteiger partial charge in [0.25, 0.3) is 0 Å². The molecule has 2 aliphatic rings. The number of halogens is 1. The Kier molecular flexibility index (Phi) is 5.73. The SMILES string of the molecule is COCc1cn2c(Nc3cc([C@H]4OC[C@@H](OC(=O)NC5(C)CC5)[C@H]4F)[nH]n3)nc(OC)cc2n1. The maximum absolute atomic E-state index is 15.0. The van der Waals surface area contributed by atoms with Gasteiger partial charge in [0, 0.05) is 31.0 Å². The van der Waals surface area contributed by atoms with Crippen LogP contribution < -0.4 is 15.4 Å². The maximum Gasteiger partial charge on any atom is 0.408 e. The number of carbonyl (C=O) groups is 1. The number of alkyl halides is 1. The number of ether oxygens (including phenoxy) is 4. The molecule has 5 rings (SSSR count). The van der Waals surface area contributed by atoms with Crippen molar-refractivity contribution in [1.29, 1.82) is 0 Å². The Morgan fingerprint density at radius 3 is 2.91 bits per heavy atom. The molecule has 1 saturated carbocycles. The lowest BCUT2D eigenvalue weighted by Gasteiger charge is -2.17. The summed E-state index contributed by atoms with van der Waals surface area (Å²) in [6, 6.07) is 3.31. The van der Waals surface area contributed by atoms with Gasteiger partial charge in [-0.15, -0.1) is 0 Å². The Balaban J connectivity index is 1.29. The molecule has 1 aliphatic heterocycles. The third-order valence-electron chi connectivity index (χ3n) is 5.87. The van der Waals surface area contributed by atoms with E-state index in [1.807, 2.05) is 6.92 Å². The predicted molar refractivity (Wildman–Crippen MR) is 117 cm³/mol. The van der Waals surface area contributed by atoms with Gasteiger partial charge in [0.15, 0.2) is 18.1 Å². The third kappa shape index (κ3) is 4.48. The minimum Gasteiger partial charge on any atom is -0.481 e. The number of hydrogen-bond acceptors (Lipinski definition) is 9. The van der Waals surface area contributed by atoms with Crippen molar-refractivity contribution in [3.8, 4) is 5.88 Å². The van der Waals surface area contributed by atoms with E-state index < -0.39 is 24.5 Å². The number of rotatable bonds is 8. The Morgan fingerprint density at radius 1 is 1.35 bits per heavy atom. The normalized spacial score (nSPS) is 23.1. The van der Waals surface area contributed by atoms with Crippen molar-refractivity contribution in [2.75, 3.05) is 26.1 Å². The van der Waals surface area contributed by atoms with Crippen LogP contribution in [0.4, 0.5) is 21.0 Å². The number of methoxy groups -OCH3 is 2. The number of aromatic nitrogens is 5. The van der Waals surface area contributed by atoms with Gasteiger partial charge >= 0.3 is 6.09 Å². The first kappa shape index (κ1) is 22.3. The molecule has 3 atom stereocenters. The number of fused-ring (bicyclic) bond motifs is 1. The van der Waals surface area contributed by atoms with E-state index in [2.05, 4.69) is 30.8 Å². The lowest BCUT2D eigenvalue weighted by Crippen LogP contribution is -2.39. The van der Waals surface area contributed by atoms with Gasteiger partial charge in [0.2, 0.25) is 11.8 Å². The van der Waals surface area contributed by atoms with Gasteiger partial charge in [-0.3, -0.25) is 9.50 Å². The van der Waals surface area contributed by atoms with Gasteiger partial charge in [-0.25, -0.2) is 14.2 Å². The molecule has 1 aliphatic carbocycles. The lowest BCUT2D eigenvalue weighted by molar-refractivity contribution is 0.0604. The van der Waals surface area contributed by atoms with Gasteiger partial charge in [-0.2, -0.15) is 10.1 Å². The highest BCUT2D eigenvalue weighted by molar-refractivity contribution is 5.69. The minimum absolute atomic E-state index is 0.0485. The molecule has 182 valence electrons. The van der Waals surface area contributed by atoms with Crippen molar-refractivity contribution in [2.24, 2.45) is 0 Å². The number of alkyl carbamates (subject to hydrolysis) is 1. The van der Waals surface area contributed by atoms with Gasteiger partial charge < -0.3 is 29.6 Å². The fourth-order valence-corrected chi connectivity index (χ4v) is 3.75. The standard InChI is InChI=1S/C21H26FN7O5/c1-21(4-5-21)26-20(30)34-13-10-33-18(17(13)22)12-6-14(28-27-12)24-19-25-16(32-3)7-15-23-11(9-31-2)8-29(15)19/h6-8,13,17-18H,4-5,9-10H2,1-3H3,(H,26,30)(H2,24,25,27,28)/t13-,17-,18-/m1/s1. The first-order valence-electron chi connectivity index (χ1n) is 10.9. The number of aromatic amines is 1. The first-order valence-corrected chi connectivity index (χ1v) is 10.9. The van der Waals surface area contributed by atoms with Crippen molar-refractivity contribution in [2.45, 2.75) is 50.3 Å². The van der Waals surface area contributed by atoms with E-state index in [1.54, 1.807) is 29.8 Å². The highest BCUT2D eigenvalue weighted by atomic mass is 19.1. The quantitative estimate of drug-likeness (QED) is 0.448. The Hall–Kier alpha value is -3.45. The number of nitrogens with zero attached hydrogens (tertiary/aromatic N) is 4. The van der Waals surface area contributed by atoms with Gasteiger partial charge in [-0.1, -0.05) is 0 Å². The van der Waals surface area contributed by atoms with E-state index in [0.717, 1.165) is 12.8 Å². The van der Waals surface area contributed by atoms with Crippen LogP contribution in [0.25, 0.3) is 5.65 Å². The fourth-order valence-electron chi connectivity index (χ4n) is 3.75. The largest absolute Gasteiger partial charge is 0.481 e. The zero-order chi connectivity index (χ0) is 23.9. The van der Waals surface area contributed by atoms with E-state index in [-0.39, 0.29) is 12.1 Å². The summed E-state index contributed by atoms with van der Waals surface area (Å²) in [5.41, 5.74) is 1.48. The summed E-state index contributed by atoms with van der Waals surface area (Å²) in [4.78, 5) is 20.9. The summed E-state index contributed by atoms with van der Waals surface area (Å²) in [7, 11) is 3.10. The summed E-state index contributed by atoms with van der Waals surface area (Å²) in [5.74, 6) is 1.15. The van der Waals surface area contributed by atoms with Crippen molar-refractivity contribution < 1.29 is 28.1 Å². The van der Waals surface area contributed by atoms with Crippen LogP contribution in [-0.2, 0) is 20.8 Å². The highest BCUT2D eigenvalue weighted by Crippen LogP contribution is 2.36. The van der Waals surface area contributed by atoms with Crippen molar-refractivity contribution in [1.82, 2.24) is 29.9 Å². The van der Waals surface area contributed by atoms with E-state index in [9.17, 15) is 4.79 Å². The van der Waals surface area contributed by atoms with E-state index >= 15 is 4.39 Å². The molecule has 0 radical (unpaired) electrons. The molecular formula is C21H26FN7O5. The monoisotopic (exact) mass is 475 g/mol. The van der Waals surface area contributed by atoms with Gasteiger partial charge in [0.05, 0.1) is 31.7 Å². The topological polar surface area (TPSA) is 137 Å². The van der Waals surface area contributed by atoms with Crippen LogP contribution in [0, 0.1) is 0 Å². The number of hydrogen-bond donors (Lipinski definition) is 3. The summed E-state index contributed by atoms with van der Waals surface area (Å²) in [6.07, 6.45) is -0.572. The molecular weight excluding hydrogens is 449 g/mol. The molecule has 3 aromatic heterocycles. The molecule has 0 bridgehead atoms. The van der Waals surface area contributed by atoms with Crippen molar-refractivity contribution >= 4 is 23.5 Å². The molecule has 12 nitrogen and oxygen atoms in total. The van der Waals surface area contributed by atoms with E-state index in [4.69, 9.17) is 18.9 Å². The lowest BCUT2D eigenvalue weighted by atomic mass is 10.1. The molecule has 0 spiro atoms. The second-order valence-corrected chi connectivity index (χ2v) is 8.68. The van der Waals surface area contributed by atoms with Crippen LogP contribution in [0.5, 0.6) is 5.88 Å². The molecule has 2 fully saturated rings. The van der Waals surface area contributed by atoms with Crippen LogP contribution in [0.1, 0.15) is 37.3 Å². The number of imidazole rings is 1. The Labute approximate surface area is 194 Å². The zero-order valence-corrected chi connectivity index (χ0v) is 19.0. The Bertz CT molecular complexity index is 1190. The van der Waals surface area contributed by atoms with Crippen LogP contribution >= 0.6 is 0 Å². The molecule has 1 saturated heterocycles. The molecule has 0 unspecified atom stereocenters. The average molecular weight is 475 g/mol. The predicted octanol–water partition coefficient (Wildman–Crippen LogP) is 2.41. The molecule has 3 aromatic rings. The number of nitrogens with one attached hydrogen (secondary N) is 3. The minimum atomic E-state index is -1.54. The zero-order valence-electron chi connectivity index (χ0n) is 19.0. The van der Waals surface area contributed by atoms with Crippen molar-refractivity contribution in [3.63, 3.8) is 0 Å². The maximum atomic E-state index is 15.0. The molecule has 1 amide bonds. The van der Waals surface area contributed by atoms with Crippen LogP contribution in [0.3, 0.4) is 0 Å². The summed E-state index contributed by atoms with van der Waals surface area (Å²) < 4.78 is 38.0. The van der Waals surface area contributed by atoms with Crippen LogP contribution in [-0.4, -0.2) is 69.3 Å².